The second kappa shape index (κ2) is 7.42. The van der Waals surface area contributed by atoms with E-state index in [0.717, 1.165) is 0 Å². The molecule has 3 aliphatic heterocycles. The summed E-state index contributed by atoms with van der Waals surface area (Å²) in [6.45, 7) is 3.80. The van der Waals surface area contributed by atoms with Crippen LogP contribution in [0.25, 0.3) is 11.2 Å². The summed E-state index contributed by atoms with van der Waals surface area (Å²) in [5.74, 6) is -1.15. The zero-order valence-electron chi connectivity index (χ0n) is 18.5. The molecule has 5 heterocycles. The zero-order chi connectivity index (χ0) is 23.6. The summed E-state index contributed by atoms with van der Waals surface area (Å²) in [4.78, 5) is 39.1. The smallest absolute Gasteiger partial charge is 0.261 e. The summed E-state index contributed by atoms with van der Waals surface area (Å²) >= 11 is 0. The largest absolute Gasteiger partial charge is 0.382 e. The van der Waals surface area contributed by atoms with Gasteiger partial charge in [-0.15, -0.1) is 0 Å². The van der Waals surface area contributed by atoms with Gasteiger partial charge < -0.3 is 19.9 Å². The van der Waals surface area contributed by atoms with Crippen LogP contribution in [0.5, 0.6) is 0 Å². The van der Waals surface area contributed by atoms with E-state index >= 15 is 0 Å². The van der Waals surface area contributed by atoms with E-state index in [2.05, 4.69) is 15.0 Å². The van der Waals surface area contributed by atoms with Gasteiger partial charge in [-0.1, -0.05) is 24.3 Å². The fourth-order valence-electron chi connectivity index (χ4n) is 4.75. The van der Waals surface area contributed by atoms with E-state index in [-0.39, 0.29) is 24.2 Å². The van der Waals surface area contributed by atoms with Gasteiger partial charge in [0.15, 0.2) is 23.5 Å². The number of fused-ring (bicyclic) bond motifs is 3. The minimum Gasteiger partial charge on any atom is -0.382 e. The molecule has 1 aromatic carbocycles. The molecule has 11 nitrogen and oxygen atoms in total. The minimum absolute atomic E-state index is 0.121. The highest BCUT2D eigenvalue weighted by Gasteiger charge is 2.55. The van der Waals surface area contributed by atoms with Gasteiger partial charge in [-0.25, -0.2) is 15.0 Å². The molecule has 2 N–H and O–H groups in total. The average molecular weight is 462 g/mol. The topological polar surface area (TPSA) is 135 Å². The number of anilines is 1. The quantitative estimate of drug-likeness (QED) is 0.454. The molecule has 2 saturated heterocycles. The molecule has 2 fully saturated rings. The Bertz CT molecular complexity index is 1320. The van der Waals surface area contributed by atoms with Gasteiger partial charge in [0.2, 0.25) is 0 Å². The number of carbonyl (C=O) groups excluding carboxylic acids is 2. The first-order valence-electron chi connectivity index (χ1n) is 10.9. The molecular formula is C23H22N6O5. The molecule has 2 amide bonds. The molecule has 4 atom stereocenters. The van der Waals surface area contributed by atoms with Crippen molar-refractivity contribution in [3.8, 4) is 0 Å². The number of aromatic nitrogens is 4. The minimum atomic E-state index is -0.809. The second-order valence-electron chi connectivity index (χ2n) is 8.83. The van der Waals surface area contributed by atoms with Gasteiger partial charge in [0.05, 0.1) is 17.5 Å². The van der Waals surface area contributed by atoms with Crippen molar-refractivity contribution in [2.45, 2.75) is 44.2 Å². The lowest BCUT2D eigenvalue weighted by Crippen LogP contribution is -2.31. The van der Waals surface area contributed by atoms with E-state index in [9.17, 15) is 9.59 Å². The molecule has 6 rings (SSSR count). The Balaban J connectivity index is 1.25. The lowest BCUT2D eigenvalue weighted by Gasteiger charge is -2.24. The van der Waals surface area contributed by atoms with Crippen molar-refractivity contribution in [2.75, 3.05) is 12.3 Å². The Kier molecular flexibility index (Phi) is 4.56. The standard InChI is InChI=1S/C23H22N6O5/c1-23(2)33-16-14(8-5-9-28-20(30)12-6-3-4-7-13(12)21(28)31)32-22(17(16)34-23)29-11-27-15-18(24)25-10-26-19(15)29/h3-8,10-11,14,16-17,22H,9H2,1-2H3,(H2,24,25,26)/b8-5+/t14-,16-,17-,22-/m1/s1. The molecule has 174 valence electrons. The summed E-state index contributed by atoms with van der Waals surface area (Å²) in [5.41, 5.74) is 7.77. The van der Waals surface area contributed by atoms with Gasteiger partial charge in [0.25, 0.3) is 11.8 Å². The molecule has 3 aliphatic rings. The number of nitrogen functional groups attached to an aromatic ring is 1. The Morgan fingerprint density at radius 3 is 2.50 bits per heavy atom. The van der Waals surface area contributed by atoms with Gasteiger partial charge >= 0.3 is 0 Å². The summed E-state index contributed by atoms with van der Waals surface area (Å²) in [5, 5.41) is 0. The number of ether oxygens (including phenoxy) is 3. The maximum absolute atomic E-state index is 12.6. The lowest BCUT2D eigenvalue weighted by molar-refractivity contribution is -0.191. The average Bonchev–Trinajstić information content (AvgIpc) is 3.52. The van der Waals surface area contributed by atoms with Crippen LogP contribution in [0.3, 0.4) is 0 Å². The molecule has 2 aromatic heterocycles. The van der Waals surface area contributed by atoms with Crippen LogP contribution in [0.4, 0.5) is 5.82 Å². The first-order chi connectivity index (χ1) is 16.3. The number of imide groups is 1. The molecule has 0 spiro atoms. The first-order valence-corrected chi connectivity index (χ1v) is 10.9. The third-order valence-corrected chi connectivity index (χ3v) is 6.22. The number of hydrogen-bond acceptors (Lipinski definition) is 9. The predicted molar refractivity (Wildman–Crippen MR) is 118 cm³/mol. The highest BCUT2D eigenvalue weighted by molar-refractivity contribution is 6.21. The van der Waals surface area contributed by atoms with E-state index in [1.165, 1.54) is 11.2 Å². The van der Waals surface area contributed by atoms with Gasteiger partial charge in [0, 0.05) is 6.54 Å². The molecule has 3 aromatic rings. The fourth-order valence-corrected chi connectivity index (χ4v) is 4.75. The molecule has 0 aliphatic carbocycles. The number of nitrogens with zero attached hydrogens (tertiary/aromatic N) is 5. The molecule has 0 radical (unpaired) electrons. The zero-order valence-corrected chi connectivity index (χ0v) is 18.5. The van der Waals surface area contributed by atoms with Crippen LogP contribution >= 0.6 is 0 Å². The Morgan fingerprint density at radius 1 is 1.06 bits per heavy atom. The summed E-state index contributed by atoms with van der Waals surface area (Å²) < 4.78 is 20.3. The van der Waals surface area contributed by atoms with E-state index in [4.69, 9.17) is 19.9 Å². The number of nitrogens with two attached hydrogens (primary N) is 1. The number of hydrogen-bond donors (Lipinski definition) is 1. The third-order valence-electron chi connectivity index (χ3n) is 6.22. The Hall–Kier alpha value is -3.67. The lowest BCUT2D eigenvalue weighted by atomic mass is 10.1. The highest BCUT2D eigenvalue weighted by atomic mass is 16.8. The van der Waals surface area contributed by atoms with Crippen molar-refractivity contribution in [1.29, 1.82) is 0 Å². The van der Waals surface area contributed by atoms with Crippen molar-refractivity contribution < 1.29 is 23.8 Å². The van der Waals surface area contributed by atoms with Crippen LogP contribution < -0.4 is 5.73 Å². The van der Waals surface area contributed by atoms with Crippen molar-refractivity contribution in [3.63, 3.8) is 0 Å². The molecular weight excluding hydrogens is 440 g/mol. The summed E-state index contributed by atoms with van der Waals surface area (Å²) in [6, 6.07) is 6.80. The van der Waals surface area contributed by atoms with Crippen LogP contribution in [0, 0.1) is 0 Å². The molecule has 0 unspecified atom stereocenters. The molecule has 11 heteroatoms. The van der Waals surface area contributed by atoms with Gasteiger partial charge in [-0.3, -0.25) is 19.1 Å². The SMILES string of the molecule is CC1(C)O[C@@H]2[C@H](O1)[C@@H](/C=C/CN1C(=O)c3ccccc3C1=O)O[C@H]2n1cnc2c(N)ncnc21. The van der Waals surface area contributed by atoms with E-state index < -0.39 is 30.3 Å². The molecule has 0 bridgehead atoms. The number of amides is 2. The number of imidazole rings is 1. The summed E-state index contributed by atoms with van der Waals surface area (Å²) in [6.07, 6.45) is 4.62. The van der Waals surface area contributed by atoms with Gasteiger partial charge in [-0.2, -0.15) is 0 Å². The van der Waals surface area contributed by atoms with Crippen LogP contribution in [-0.4, -0.2) is 66.9 Å². The van der Waals surface area contributed by atoms with Gasteiger partial charge in [-0.05, 0) is 26.0 Å². The van der Waals surface area contributed by atoms with E-state index in [0.29, 0.717) is 22.3 Å². The van der Waals surface area contributed by atoms with E-state index in [1.807, 2.05) is 13.8 Å². The first kappa shape index (κ1) is 20.9. The van der Waals surface area contributed by atoms with Crippen molar-refractivity contribution >= 4 is 28.8 Å². The van der Waals surface area contributed by atoms with Crippen LogP contribution in [-0.2, 0) is 14.2 Å². The number of carbonyl (C=O) groups is 2. The maximum Gasteiger partial charge on any atom is 0.261 e. The van der Waals surface area contributed by atoms with Crippen molar-refractivity contribution in [1.82, 2.24) is 24.4 Å². The normalized spacial score (nSPS) is 27.8. The van der Waals surface area contributed by atoms with Crippen LogP contribution in [0.15, 0.2) is 49.1 Å². The fraction of sp³-hybridized carbons (Fsp3) is 0.348. The third kappa shape index (κ3) is 3.12. The molecule has 34 heavy (non-hydrogen) atoms. The van der Waals surface area contributed by atoms with Crippen molar-refractivity contribution in [3.05, 3.63) is 60.2 Å². The number of rotatable bonds is 4. The van der Waals surface area contributed by atoms with Crippen LogP contribution in [0.1, 0.15) is 40.8 Å². The Labute approximate surface area is 194 Å². The highest BCUT2D eigenvalue weighted by Crippen LogP contribution is 2.44. The second-order valence-corrected chi connectivity index (χ2v) is 8.83. The Morgan fingerprint density at radius 2 is 1.76 bits per heavy atom. The summed E-state index contributed by atoms with van der Waals surface area (Å²) in [7, 11) is 0. The number of benzene rings is 1. The van der Waals surface area contributed by atoms with Gasteiger partial charge in [0.1, 0.15) is 30.2 Å². The van der Waals surface area contributed by atoms with Crippen molar-refractivity contribution in [2.24, 2.45) is 0 Å². The maximum atomic E-state index is 12.6. The monoisotopic (exact) mass is 462 g/mol. The predicted octanol–water partition coefficient (Wildman–Crippen LogP) is 1.68. The van der Waals surface area contributed by atoms with E-state index in [1.54, 1.807) is 47.3 Å². The molecule has 0 saturated carbocycles. The van der Waals surface area contributed by atoms with Crippen LogP contribution in [0.2, 0.25) is 0 Å².